The normalized spacial score (nSPS) is 13.6. The molecule has 0 radical (unpaired) electrons. The number of fused-ring (bicyclic) bond motifs is 3. The number of halogens is 1. The van der Waals surface area contributed by atoms with Gasteiger partial charge < -0.3 is 9.84 Å². The van der Waals surface area contributed by atoms with Gasteiger partial charge in [-0.15, -0.1) is 11.3 Å². The van der Waals surface area contributed by atoms with Crippen LogP contribution in [-0.2, 0) is 6.54 Å². The summed E-state index contributed by atoms with van der Waals surface area (Å²) in [5.74, 6) is 1.96. The number of hydrogen-bond donors (Lipinski definition) is 1. The maximum absolute atomic E-state index is 14.0. The van der Waals surface area contributed by atoms with E-state index in [0.717, 1.165) is 35.3 Å². The first-order valence-electron chi connectivity index (χ1n) is 11.0. The van der Waals surface area contributed by atoms with E-state index in [4.69, 9.17) is 21.3 Å². The summed E-state index contributed by atoms with van der Waals surface area (Å²) in [5, 5.41) is 12.0. The molecule has 5 aromatic rings. The highest BCUT2D eigenvalue weighted by molar-refractivity contribution is 7.25. The van der Waals surface area contributed by atoms with Gasteiger partial charge in [0, 0.05) is 17.1 Å². The third kappa shape index (κ3) is 3.52. The van der Waals surface area contributed by atoms with Crippen molar-refractivity contribution in [3.8, 4) is 22.9 Å². The number of rotatable bonds is 5. The predicted octanol–water partition coefficient (Wildman–Crippen LogP) is 5.97. The van der Waals surface area contributed by atoms with E-state index >= 15 is 0 Å². The number of phenolic OH excluding ortho intramolecular Hbond substituents is 1. The minimum Gasteiger partial charge on any atom is -0.506 e. The van der Waals surface area contributed by atoms with E-state index in [2.05, 4.69) is 4.98 Å². The van der Waals surface area contributed by atoms with E-state index in [1.165, 1.54) is 11.3 Å². The lowest BCUT2D eigenvalue weighted by molar-refractivity contribution is 0.414. The first kappa shape index (κ1) is 21.1. The van der Waals surface area contributed by atoms with Gasteiger partial charge in [0.15, 0.2) is 0 Å². The molecule has 1 aliphatic rings. The van der Waals surface area contributed by atoms with Gasteiger partial charge >= 0.3 is 0 Å². The van der Waals surface area contributed by atoms with Gasteiger partial charge in [-0.25, -0.2) is 9.97 Å². The molecule has 2 aromatic carbocycles. The summed E-state index contributed by atoms with van der Waals surface area (Å²) < 4.78 is 7.84. The Hall–Kier alpha value is -3.42. The van der Waals surface area contributed by atoms with Crippen LogP contribution in [0.1, 0.15) is 29.9 Å². The molecule has 1 aliphatic carbocycles. The molecule has 0 saturated heterocycles. The van der Waals surface area contributed by atoms with Crippen molar-refractivity contribution in [1.29, 1.82) is 0 Å². The van der Waals surface area contributed by atoms with Gasteiger partial charge in [-0.2, -0.15) is 0 Å². The molecule has 6 rings (SSSR count). The summed E-state index contributed by atoms with van der Waals surface area (Å²) in [7, 11) is 1.66. The fourth-order valence-corrected chi connectivity index (χ4v) is 5.72. The molecule has 0 amide bonds. The number of phenols is 1. The highest BCUT2D eigenvalue weighted by Crippen LogP contribution is 2.46. The van der Waals surface area contributed by atoms with Crippen LogP contribution in [0.5, 0.6) is 11.5 Å². The van der Waals surface area contributed by atoms with Crippen LogP contribution < -0.4 is 10.3 Å². The van der Waals surface area contributed by atoms with Crippen molar-refractivity contribution in [3.05, 3.63) is 81.4 Å². The number of ether oxygens (including phenoxy) is 1. The van der Waals surface area contributed by atoms with Gasteiger partial charge in [-0.3, -0.25) is 9.36 Å². The first-order chi connectivity index (χ1) is 16.5. The molecule has 0 unspecified atom stereocenters. The van der Waals surface area contributed by atoms with Crippen LogP contribution in [0, 0.1) is 0 Å². The molecule has 1 N–H and O–H groups in total. The van der Waals surface area contributed by atoms with E-state index in [1.54, 1.807) is 36.1 Å². The van der Waals surface area contributed by atoms with Crippen molar-refractivity contribution in [2.75, 3.05) is 7.11 Å². The number of nitrogens with zero attached hydrogens (tertiary/aromatic N) is 3. The molecule has 0 bridgehead atoms. The molecule has 1 fully saturated rings. The van der Waals surface area contributed by atoms with E-state index in [1.807, 2.05) is 30.3 Å². The van der Waals surface area contributed by atoms with Gasteiger partial charge in [0.2, 0.25) is 0 Å². The Balaban J connectivity index is 1.67. The summed E-state index contributed by atoms with van der Waals surface area (Å²) >= 11 is 7.47. The lowest BCUT2D eigenvalue weighted by atomic mass is 10.0. The zero-order chi connectivity index (χ0) is 23.4. The molecule has 0 aliphatic heterocycles. The molecule has 6 nitrogen and oxygen atoms in total. The Morgan fingerprint density at radius 2 is 2.06 bits per heavy atom. The number of hydrogen-bond acceptors (Lipinski definition) is 6. The van der Waals surface area contributed by atoms with Gasteiger partial charge in [-0.1, -0.05) is 23.7 Å². The minimum atomic E-state index is -0.151. The zero-order valence-electron chi connectivity index (χ0n) is 18.3. The maximum Gasteiger partial charge on any atom is 0.263 e. The summed E-state index contributed by atoms with van der Waals surface area (Å²) in [6.45, 7) is 0.297. The van der Waals surface area contributed by atoms with Crippen molar-refractivity contribution >= 4 is 43.2 Å². The fraction of sp³-hybridized carbons (Fsp3) is 0.192. The number of methoxy groups -OCH3 is 1. The summed E-state index contributed by atoms with van der Waals surface area (Å²) in [6.07, 6.45) is 3.84. The highest BCUT2D eigenvalue weighted by atomic mass is 35.5. The summed E-state index contributed by atoms with van der Waals surface area (Å²) in [4.78, 5) is 23.7. The van der Waals surface area contributed by atoms with Crippen LogP contribution in [-0.4, -0.2) is 26.8 Å². The second-order valence-electron chi connectivity index (χ2n) is 8.48. The average Bonchev–Trinajstić information content (AvgIpc) is 3.61. The van der Waals surface area contributed by atoms with Gasteiger partial charge in [0.1, 0.15) is 27.3 Å². The molecule has 8 heteroatoms. The van der Waals surface area contributed by atoms with Gasteiger partial charge in [0.05, 0.1) is 23.7 Å². The maximum atomic E-state index is 14.0. The Kier molecular flexibility index (Phi) is 5.04. The van der Waals surface area contributed by atoms with Crippen LogP contribution in [0.25, 0.3) is 31.7 Å². The Morgan fingerprint density at radius 3 is 2.82 bits per heavy atom. The molecule has 3 aromatic heterocycles. The van der Waals surface area contributed by atoms with Gasteiger partial charge in [-0.05, 0) is 66.3 Å². The van der Waals surface area contributed by atoms with E-state index in [9.17, 15) is 9.90 Å². The van der Waals surface area contributed by atoms with Crippen LogP contribution in [0.2, 0.25) is 5.15 Å². The number of aromatic nitrogens is 3. The smallest absolute Gasteiger partial charge is 0.263 e. The molecule has 170 valence electrons. The molecule has 0 spiro atoms. The van der Waals surface area contributed by atoms with Crippen molar-refractivity contribution in [2.45, 2.75) is 25.3 Å². The van der Waals surface area contributed by atoms with E-state index < -0.39 is 0 Å². The molecule has 3 heterocycles. The molecule has 34 heavy (non-hydrogen) atoms. The van der Waals surface area contributed by atoms with Crippen LogP contribution in [0.3, 0.4) is 0 Å². The minimum absolute atomic E-state index is 0.150. The quantitative estimate of drug-likeness (QED) is 0.308. The summed E-state index contributed by atoms with van der Waals surface area (Å²) in [5.41, 5.74) is 2.76. The second kappa shape index (κ2) is 8.11. The topological polar surface area (TPSA) is 77.2 Å². The molecule has 0 atom stereocenters. The van der Waals surface area contributed by atoms with E-state index in [-0.39, 0.29) is 11.3 Å². The Morgan fingerprint density at radius 1 is 1.21 bits per heavy atom. The Labute approximate surface area is 204 Å². The van der Waals surface area contributed by atoms with Crippen molar-refractivity contribution in [1.82, 2.24) is 14.5 Å². The highest BCUT2D eigenvalue weighted by Gasteiger charge is 2.29. The second-order valence-corrected chi connectivity index (χ2v) is 9.86. The molecular weight excluding hydrogens is 470 g/mol. The summed E-state index contributed by atoms with van der Waals surface area (Å²) in [6, 6.07) is 14.8. The number of aromatic hydroxyl groups is 1. The van der Waals surface area contributed by atoms with Gasteiger partial charge in [0.25, 0.3) is 5.56 Å². The predicted molar refractivity (Wildman–Crippen MR) is 135 cm³/mol. The SMILES string of the molecule is COc1ccc(-c2nc3sc4c(O)cccc4c3c(=O)n2Cc2ccnc(Cl)c2)c(C2CC2)c1. The fourth-order valence-electron chi connectivity index (χ4n) is 4.44. The lowest BCUT2D eigenvalue weighted by Gasteiger charge is -2.16. The third-order valence-electron chi connectivity index (χ3n) is 6.25. The standard InChI is InChI=1S/C26H20ClN3O3S/c1-33-16-7-8-17(19(12-16)15-5-6-15)24-29-25-22(18-3-2-4-20(31)23(18)34-25)26(32)30(24)13-14-9-10-28-21(27)11-14/h2-4,7-12,15,31H,5-6,13H2,1H3. The first-order valence-corrected chi connectivity index (χ1v) is 12.2. The zero-order valence-corrected chi connectivity index (χ0v) is 19.9. The molecular formula is C26H20ClN3O3S. The third-order valence-corrected chi connectivity index (χ3v) is 7.58. The van der Waals surface area contributed by atoms with Crippen molar-refractivity contribution in [2.24, 2.45) is 0 Å². The lowest BCUT2D eigenvalue weighted by Crippen LogP contribution is -2.24. The van der Waals surface area contributed by atoms with E-state index in [0.29, 0.717) is 43.7 Å². The van der Waals surface area contributed by atoms with Crippen LogP contribution >= 0.6 is 22.9 Å². The van der Waals surface area contributed by atoms with Crippen molar-refractivity contribution < 1.29 is 9.84 Å². The van der Waals surface area contributed by atoms with Crippen LogP contribution in [0.15, 0.2) is 59.5 Å². The van der Waals surface area contributed by atoms with Crippen molar-refractivity contribution in [3.63, 3.8) is 0 Å². The average molecular weight is 490 g/mol. The number of pyridine rings is 1. The number of thiophene rings is 1. The Bertz CT molecular complexity index is 1640. The van der Waals surface area contributed by atoms with Crippen LogP contribution in [0.4, 0.5) is 0 Å². The largest absolute Gasteiger partial charge is 0.506 e. The number of benzene rings is 2. The molecule has 1 saturated carbocycles. The monoisotopic (exact) mass is 489 g/mol.